The number of aromatic nitrogens is 1. The number of nitro groups is 1. The fourth-order valence-electron chi connectivity index (χ4n) is 4.03. The lowest BCUT2D eigenvalue weighted by Crippen LogP contribution is -2.37. The molecule has 0 spiro atoms. The van der Waals surface area contributed by atoms with Crippen molar-refractivity contribution in [2.45, 2.75) is 6.92 Å². The SMILES string of the molecule is Cc1ccccc1-c1nc2cc(NC(=O)c3cc([N+](=O)[O-])ccc3N3CCOCC3)ccc2o1. The summed E-state index contributed by atoms with van der Waals surface area (Å²) in [7, 11) is 0. The summed E-state index contributed by atoms with van der Waals surface area (Å²) >= 11 is 0. The number of anilines is 2. The number of ether oxygens (including phenoxy) is 1. The molecule has 4 aromatic rings. The number of hydrogen-bond donors (Lipinski definition) is 1. The summed E-state index contributed by atoms with van der Waals surface area (Å²) < 4.78 is 11.3. The monoisotopic (exact) mass is 458 g/mol. The molecule has 5 rings (SSSR count). The van der Waals surface area contributed by atoms with Crippen LogP contribution in [-0.2, 0) is 4.74 Å². The zero-order valence-electron chi connectivity index (χ0n) is 18.5. The van der Waals surface area contributed by atoms with Crippen molar-refractivity contribution in [3.63, 3.8) is 0 Å². The molecule has 34 heavy (non-hydrogen) atoms. The number of oxazole rings is 1. The van der Waals surface area contributed by atoms with Gasteiger partial charge in [-0.05, 0) is 42.8 Å². The van der Waals surface area contributed by atoms with Gasteiger partial charge in [-0.25, -0.2) is 4.98 Å². The molecule has 0 bridgehead atoms. The Balaban J connectivity index is 1.45. The summed E-state index contributed by atoms with van der Waals surface area (Å²) in [6.45, 7) is 4.25. The minimum atomic E-state index is -0.506. The molecule has 0 aliphatic carbocycles. The van der Waals surface area contributed by atoms with E-state index in [0.717, 1.165) is 11.1 Å². The van der Waals surface area contributed by atoms with Gasteiger partial charge in [0.1, 0.15) is 5.52 Å². The average Bonchev–Trinajstić information content (AvgIpc) is 3.27. The smallest absolute Gasteiger partial charge is 0.270 e. The van der Waals surface area contributed by atoms with Gasteiger partial charge in [0.2, 0.25) is 5.89 Å². The molecule has 1 amide bonds. The number of fused-ring (bicyclic) bond motifs is 1. The number of nitrogens with one attached hydrogen (secondary N) is 1. The molecule has 0 radical (unpaired) electrons. The normalized spacial score (nSPS) is 13.7. The number of rotatable bonds is 5. The number of hydrogen-bond acceptors (Lipinski definition) is 7. The number of carbonyl (C=O) groups is 1. The van der Waals surface area contributed by atoms with Crippen LogP contribution in [0.3, 0.4) is 0 Å². The van der Waals surface area contributed by atoms with Crippen molar-refractivity contribution in [3.05, 3.63) is 81.9 Å². The first-order valence-corrected chi connectivity index (χ1v) is 10.9. The van der Waals surface area contributed by atoms with E-state index < -0.39 is 10.8 Å². The van der Waals surface area contributed by atoms with Gasteiger partial charge >= 0.3 is 0 Å². The van der Waals surface area contributed by atoms with E-state index in [1.807, 2.05) is 36.1 Å². The van der Waals surface area contributed by atoms with E-state index in [0.29, 0.717) is 54.7 Å². The number of carbonyl (C=O) groups excluding carboxylic acids is 1. The Bertz CT molecular complexity index is 1390. The third kappa shape index (κ3) is 4.20. The van der Waals surface area contributed by atoms with E-state index in [1.54, 1.807) is 24.3 Å². The number of benzene rings is 3. The van der Waals surface area contributed by atoms with Crippen LogP contribution in [0.1, 0.15) is 15.9 Å². The number of nitro benzene ring substituents is 1. The van der Waals surface area contributed by atoms with Crippen LogP contribution in [-0.4, -0.2) is 42.1 Å². The second-order valence-corrected chi connectivity index (χ2v) is 8.03. The molecule has 1 saturated heterocycles. The predicted octanol–water partition coefficient (Wildman–Crippen LogP) is 4.80. The van der Waals surface area contributed by atoms with Gasteiger partial charge in [-0.15, -0.1) is 0 Å². The third-order valence-corrected chi connectivity index (χ3v) is 5.81. The first-order chi connectivity index (χ1) is 16.5. The van der Waals surface area contributed by atoms with Crippen molar-refractivity contribution in [2.24, 2.45) is 0 Å². The van der Waals surface area contributed by atoms with Gasteiger partial charge in [0.15, 0.2) is 5.58 Å². The Hall–Kier alpha value is -4.24. The molecule has 1 aliphatic heterocycles. The Labute approximate surface area is 195 Å². The molecule has 1 aliphatic rings. The second-order valence-electron chi connectivity index (χ2n) is 8.03. The summed E-state index contributed by atoms with van der Waals surface area (Å²) in [4.78, 5) is 30.6. The molecule has 0 unspecified atom stereocenters. The van der Waals surface area contributed by atoms with Crippen molar-refractivity contribution >= 4 is 34.1 Å². The van der Waals surface area contributed by atoms with Crippen molar-refractivity contribution in [3.8, 4) is 11.5 Å². The van der Waals surface area contributed by atoms with E-state index in [-0.39, 0.29) is 11.3 Å². The molecule has 9 heteroatoms. The van der Waals surface area contributed by atoms with Crippen molar-refractivity contribution in [1.82, 2.24) is 4.98 Å². The van der Waals surface area contributed by atoms with Gasteiger partial charge < -0.3 is 19.4 Å². The summed E-state index contributed by atoms with van der Waals surface area (Å²) in [6, 6.07) is 17.3. The summed E-state index contributed by atoms with van der Waals surface area (Å²) in [5.41, 5.74) is 4.38. The van der Waals surface area contributed by atoms with Crippen LogP contribution in [0.2, 0.25) is 0 Å². The lowest BCUT2D eigenvalue weighted by molar-refractivity contribution is -0.384. The Morgan fingerprint density at radius 1 is 1.09 bits per heavy atom. The van der Waals surface area contributed by atoms with Crippen LogP contribution in [0.4, 0.5) is 17.1 Å². The zero-order chi connectivity index (χ0) is 23.7. The number of non-ortho nitro benzene ring substituents is 1. The lowest BCUT2D eigenvalue weighted by atomic mass is 10.1. The van der Waals surface area contributed by atoms with Crippen LogP contribution in [0, 0.1) is 17.0 Å². The topological polar surface area (TPSA) is 111 Å². The standard InChI is InChI=1S/C25H22N4O5/c1-16-4-2-3-5-19(16)25-27-21-14-17(6-9-23(21)34-25)26-24(30)20-15-18(29(31)32)7-8-22(20)28-10-12-33-13-11-28/h2-9,14-15H,10-13H2,1H3,(H,26,30). The highest BCUT2D eigenvalue weighted by Crippen LogP contribution is 2.30. The Morgan fingerprint density at radius 3 is 2.65 bits per heavy atom. The number of amides is 1. The van der Waals surface area contributed by atoms with Crippen LogP contribution in [0.15, 0.2) is 65.1 Å². The molecule has 1 N–H and O–H groups in total. The van der Waals surface area contributed by atoms with Gasteiger partial charge in [0.05, 0.1) is 29.4 Å². The molecule has 1 fully saturated rings. The highest BCUT2D eigenvalue weighted by Gasteiger charge is 2.22. The van der Waals surface area contributed by atoms with Crippen LogP contribution in [0.25, 0.3) is 22.6 Å². The lowest BCUT2D eigenvalue weighted by Gasteiger charge is -2.30. The fourth-order valence-corrected chi connectivity index (χ4v) is 4.03. The van der Waals surface area contributed by atoms with E-state index in [1.165, 1.54) is 12.1 Å². The van der Waals surface area contributed by atoms with E-state index in [2.05, 4.69) is 10.3 Å². The first kappa shape index (κ1) is 21.6. The van der Waals surface area contributed by atoms with Crippen molar-refractivity contribution < 1.29 is 18.9 Å². The summed E-state index contributed by atoms with van der Waals surface area (Å²) in [6.07, 6.45) is 0. The highest BCUT2D eigenvalue weighted by molar-refractivity contribution is 6.09. The molecule has 1 aromatic heterocycles. The largest absolute Gasteiger partial charge is 0.436 e. The molecular weight excluding hydrogens is 436 g/mol. The van der Waals surface area contributed by atoms with E-state index in [9.17, 15) is 14.9 Å². The van der Waals surface area contributed by atoms with E-state index >= 15 is 0 Å². The predicted molar refractivity (Wildman–Crippen MR) is 128 cm³/mol. The molecule has 9 nitrogen and oxygen atoms in total. The average molecular weight is 458 g/mol. The molecule has 0 atom stereocenters. The second kappa shape index (κ2) is 8.95. The number of nitrogens with zero attached hydrogens (tertiary/aromatic N) is 3. The number of aryl methyl sites for hydroxylation is 1. The zero-order valence-corrected chi connectivity index (χ0v) is 18.5. The van der Waals surface area contributed by atoms with Gasteiger partial charge in [0.25, 0.3) is 11.6 Å². The van der Waals surface area contributed by atoms with Crippen LogP contribution < -0.4 is 10.2 Å². The molecule has 0 saturated carbocycles. The molecular formula is C25H22N4O5. The number of morpholine rings is 1. The van der Waals surface area contributed by atoms with Gasteiger partial charge in [-0.2, -0.15) is 0 Å². The van der Waals surface area contributed by atoms with Gasteiger partial charge in [-0.3, -0.25) is 14.9 Å². The van der Waals surface area contributed by atoms with Crippen LogP contribution in [0.5, 0.6) is 0 Å². The first-order valence-electron chi connectivity index (χ1n) is 10.9. The fraction of sp³-hybridized carbons (Fsp3) is 0.200. The molecule has 172 valence electrons. The maximum atomic E-state index is 13.2. The van der Waals surface area contributed by atoms with Crippen LogP contribution >= 0.6 is 0 Å². The third-order valence-electron chi connectivity index (χ3n) is 5.81. The van der Waals surface area contributed by atoms with Gasteiger partial charge in [-0.1, -0.05) is 18.2 Å². The maximum Gasteiger partial charge on any atom is 0.270 e. The highest BCUT2D eigenvalue weighted by atomic mass is 16.6. The minimum absolute atomic E-state index is 0.142. The minimum Gasteiger partial charge on any atom is -0.436 e. The maximum absolute atomic E-state index is 13.2. The quantitative estimate of drug-likeness (QED) is 0.338. The van der Waals surface area contributed by atoms with Crippen molar-refractivity contribution in [1.29, 1.82) is 0 Å². The summed E-state index contributed by atoms with van der Waals surface area (Å²) in [5, 5.41) is 14.2. The van der Waals surface area contributed by atoms with Crippen molar-refractivity contribution in [2.75, 3.05) is 36.5 Å². The summed E-state index contributed by atoms with van der Waals surface area (Å²) in [5.74, 6) is 0.0667. The Kier molecular flexibility index (Phi) is 5.69. The molecule has 2 heterocycles. The molecule has 3 aromatic carbocycles. The van der Waals surface area contributed by atoms with Gasteiger partial charge in [0, 0.05) is 36.5 Å². The van der Waals surface area contributed by atoms with E-state index in [4.69, 9.17) is 9.15 Å². The Morgan fingerprint density at radius 2 is 1.88 bits per heavy atom.